The van der Waals surface area contributed by atoms with E-state index in [1.54, 1.807) is 33.0 Å². The van der Waals surface area contributed by atoms with Crippen molar-refractivity contribution < 1.29 is 9.18 Å². The van der Waals surface area contributed by atoms with Gasteiger partial charge in [-0.2, -0.15) is 5.26 Å². The van der Waals surface area contributed by atoms with Crippen LogP contribution >= 0.6 is 0 Å². The second kappa shape index (κ2) is 5.50. The first kappa shape index (κ1) is 14.0. The zero-order valence-corrected chi connectivity index (χ0v) is 10.7. The van der Waals surface area contributed by atoms with Gasteiger partial charge >= 0.3 is 0 Å². The fraction of sp³-hybridized carbons (Fsp3) is 0.385. The van der Waals surface area contributed by atoms with Gasteiger partial charge in [-0.3, -0.25) is 4.79 Å². The normalized spacial score (nSPS) is 10.6. The molecule has 96 valence electrons. The molecule has 0 aromatic heterocycles. The second-order valence-corrected chi connectivity index (χ2v) is 4.62. The molecule has 0 saturated heterocycles. The van der Waals surface area contributed by atoms with Crippen LogP contribution in [0.15, 0.2) is 18.2 Å². The Morgan fingerprint density at radius 1 is 1.50 bits per heavy atom. The van der Waals surface area contributed by atoms with Crippen LogP contribution in [0.25, 0.3) is 0 Å². The molecule has 1 amide bonds. The van der Waals surface area contributed by atoms with Gasteiger partial charge in [-0.15, -0.1) is 0 Å². The van der Waals surface area contributed by atoms with E-state index in [-0.39, 0.29) is 11.5 Å². The molecule has 0 unspecified atom stereocenters. The van der Waals surface area contributed by atoms with Gasteiger partial charge in [0.25, 0.3) is 0 Å². The van der Waals surface area contributed by atoms with Crippen molar-refractivity contribution in [1.82, 2.24) is 5.32 Å². The number of carbonyl (C=O) groups excluding carboxylic acids is 1. The quantitative estimate of drug-likeness (QED) is 0.856. The Balaban J connectivity index is 2.73. The topological polar surface area (TPSA) is 64.9 Å². The van der Waals surface area contributed by atoms with Crippen LogP contribution in [0.2, 0.25) is 0 Å². The lowest BCUT2D eigenvalue weighted by Gasteiger charge is -2.23. The maximum absolute atomic E-state index is 13.4. The SMILES string of the molecule is CNC(=O)C(C)(C)CNc1ccc(C#N)c(F)c1. The predicted octanol–water partition coefficient (Wildman–Crippen LogP) is 1.88. The van der Waals surface area contributed by atoms with Crippen molar-refractivity contribution in [3.63, 3.8) is 0 Å². The molecule has 0 aliphatic rings. The van der Waals surface area contributed by atoms with E-state index in [4.69, 9.17) is 5.26 Å². The Morgan fingerprint density at radius 3 is 2.67 bits per heavy atom. The highest BCUT2D eigenvalue weighted by Gasteiger charge is 2.26. The molecule has 0 bridgehead atoms. The molecule has 1 aromatic carbocycles. The molecule has 0 spiro atoms. The molecule has 1 rings (SSSR count). The predicted molar refractivity (Wildman–Crippen MR) is 67.5 cm³/mol. The Bertz CT molecular complexity index is 491. The van der Waals surface area contributed by atoms with E-state index in [0.717, 1.165) is 0 Å². The first-order chi connectivity index (χ1) is 8.40. The molecule has 18 heavy (non-hydrogen) atoms. The van der Waals surface area contributed by atoms with Crippen molar-refractivity contribution in [3.8, 4) is 6.07 Å². The minimum atomic E-state index is -0.598. The van der Waals surface area contributed by atoms with Crippen LogP contribution in [0.3, 0.4) is 0 Å². The van der Waals surface area contributed by atoms with E-state index >= 15 is 0 Å². The average molecular weight is 249 g/mol. The van der Waals surface area contributed by atoms with Crippen LogP contribution in [0.1, 0.15) is 19.4 Å². The first-order valence-corrected chi connectivity index (χ1v) is 5.56. The Labute approximate surface area is 106 Å². The van der Waals surface area contributed by atoms with Gasteiger partial charge in [0.15, 0.2) is 0 Å². The molecular formula is C13H16FN3O. The Hall–Kier alpha value is -2.09. The third kappa shape index (κ3) is 3.20. The average Bonchev–Trinajstić information content (AvgIpc) is 2.35. The maximum atomic E-state index is 13.4. The summed E-state index contributed by atoms with van der Waals surface area (Å²) in [4.78, 5) is 11.6. The number of benzene rings is 1. The summed E-state index contributed by atoms with van der Waals surface area (Å²) >= 11 is 0. The van der Waals surface area contributed by atoms with Crippen LogP contribution in [-0.2, 0) is 4.79 Å². The van der Waals surface area contributed by atoms with Crippen molar-refractivity contribution in [2.75, 3.05) is 18.9 Å². The van der Waals surface area contributed by atoms with Gasteiger partial charge in [0.1, 0.15) is 11.9 Å². The van der Waals surface area contributed by atoms with Gasteiger partial charge < -0.3 is 10.6 Å². The number of nitriles is 1. The van der Waals surface area contributed by atoms with Gasteiger partial charge in [0, 0.05) is 19.3 Å². The van der Waals surface area contributed by atoms with Crippen molar-refractivity contribution >= 4 is 11.6 Å². The van der Waals surface area contributed by atoms with Crippen LogP contribution in [0.4, 0.5) is 10.1 Å². The summed E-state index contributed by atoms with van der Waals surface area (Å²) in [6, 6.07) is 6.02. The molecular weight excluding hydrogens is 233 g/mol. The number of halogens is 1. The fourth-order valence-electron chi connectivity index (χ4n) is 1.46. The fourth-order valence-corrected chi connectivity index (χ4v) is 1.46. The number of hydrogen-bond donors (Lipinski definition) is 2. The molecule has 0 saturated carbocycles. The lowest BCUT2D eigenvalue weighted by atomic mass is 9.92. The molecule has 0 atom stereocenters. The number of rotatable bonds is 4. The molecule has 0 heterocycles. The number of hydrogen-bond acceptors (Lipinski definition) is 3. The third-order valence-electron chi connectivity index (χ3n) is 2.67. The molecule has 1 aromatic rings. The highest BCUT2D eigenvalue weighted by atomic mass is 19.1. The highest BCUT2D eigenvalue weighted by molar-refractivity contribution is 5.82. The van der Waals surface area contributed by atoms with Gasteiger partial charge in [0.05, 0.1) is 11.0 Å². The lowest BCUT2D eigenvalue weighted by Crippen LogP contribution is -2.39. The molecule has 0 aliphatic carbocycles. The van der Waals surface area contributed by atoms with Crippen molar-refractivity contribution in [1.29, 1.82) is 5.26 Å². The van der Waals surface area contributed by atoms with Gasteiger partial charge in [-0.1, -0.05) is 0 Å². The highest BCUT2D eigenvalue weighted by Crippen LogP contribution is 2.18. The molecule has 0 aliphatic heterocycles. The van der Waals surface area contributed by atoms with Crippen LogP contribution in [0.5, 0.6) is 0 Å². The second-order valence-electron chi connectivity index (χ2n) is 4.62. The van der Waals surface area contributed by atoms with E-state index in [1.807, 2.05) is 0 Å². The summed E-state index contributed by atoms with van der Waals surface area (Å²) in [5.41, 5.74) is -0.0475. The van der Waals surface area contributed by atoms with Crippen LogP contribution < -0.4 is 10.6 Å². The van der Waals surface area contributed by atoms with E-state index in [1.165, 1.54) is 12.1 Å². The molecule has 5 heteroatoms. The smallest absolute Gasteiger partial charge is 0.227 e. The van der Waals surface area contributed by atoms with Crippen molar-refractivity contribution in [2.24, 2.45) is 5.41 Å². The van der Waals surface area contributed by atoms with Crippen LogP contribution in [0, 0.1) is 22.6 Å². The third-order valence-corrected chi connectivity index (χ3v) is 2.67. The van der Waals surface area contributed by atoms with Crippen molar-refractivity contribution in [3.05, 3.63) is 29.6 Å². The molecule has 0 radical (unpaired) electrons. The summed E-state index contributed by atoms with van der Waals surface area (Å²) in [7, 11) is 1.57. The maximum Gasteiger partial charge on any atom is 0.227 e. The lowest BCUT2D eigenvalue weighted by molar-refractivity contribution is -0.128. The summed E-state index contributed by atoms with van der Waals surface area (Å²) in [5, 5.41) is 14.2. The standard InChI is InChI=1S/C13H16FN3O/c1-13(2,12(18)16-3)8-17-10-5-4-9(7-15)11(14)6-10/h4-6,17H,8H2,1-3H3,(H,16,18). The van der Waals surface area contributed by atoms with E-state index in [2.05, 4.69) is 10.6 Å². The van der Waals surface area contributed by atoms with E-state index in [9.17, 15) is 9.18 Å². The Morgan fingerprint density at radius 2 is 2.17 bits per heavy atom. The summed E-state index contributed by atoms with van der Waals surface area (Å²) < 4.78 is 13.4. The first-order valence-electron chi connectivity index (χ1n) is 5.56. The summed E-state index contributed by atoms with van der Waals surface area (Å²) in [6.07, 6.45) is 0. The minimum Gasteiger partial charge on any atom is -0.384 e. The summed E-state index contributed by atoms with van der Waals surface area (Å²) in [5.74, 6) is -0.663. The zero-order valence-electron chi connectivity index (χ0n) is 10.7. The molecule has 4 nitrogen and oxygen atoms in total. The van der Waals surface area contributed by atoms with Crippen molar-refractivity contribution in [2.45, 2.75) is 13.8 Å². The number of carbonyl (C=O) groups is 1. The number of nitrogens with one attached hydrogen (secondary N) is 2. The van der Waals surface area contributed by atoms with Gasteiger partial charge in [-0.05, 0) is 32.0 Å². The molecule has 2 N–H and O–H groups in total. The Kier molecular flexibility index (Phi) is 4.27. The van der Waals surface area contributed by atoms with Gasteiger partial charge in [-0.25, -0.2) is 4.39 Å². The minimum absolute atomic E-state index is 0.00566. The molecule has 0 fully saturated rings. The number of nitrogens with zero attached hydrogens (tertiary/aromatic N) is 1. The zero-order chi connectivity index (χ0) is 13.8. The van der Waals surface area contributed by atoms with Crippen LogP contribution in [-0.4, -0.2) is 19.5 Å². The van der Waals surface area contributed by atoms with E-state index < -0.39 is 11.2 Å². The largest absolute Gasteiger partial charge is 0.384 e. The van der Waals surface area contributed by atoms with Gasteiger partial charge in [0.2, 0.25) is 5.91 Å². The number of anilines is 1. The monoisotopic (exact) mass is 249 g/mol. The summed E-state index contributed by atoms with van der Waals surface area (Å²) in [6.45, 7) is 3.95. The van der Waals surface area contributed by atoms with E-state index in [0.29, 0.717) is 12.2 Å². The number of amides is 1.